The van der Waals surface area contributed by atoms with Crippen LogP contribution in [-0.4, -0.2) is 29.2 Å². The lowest BCUT2D eigenvalue weighted by atomic mass is 9.91. The van der Waals surface area contributed by atoms with E-state index in [-0.39, 0.29) is 11.4 Å². The Labute approximate surface area is 143 Å². The van der Waals surface area contributed by atoms with Gasteiger partial charge in [0.25, 0.3) is 0 Å². The number of methoxy groups -OCH3 is 2. The lowest BCUT2D eigenvalue weighted by Gasteiger charge is -2.32. The molecule has 0 radical (unpaired) electrons. The Morgan fingerprint density at radius 3 is 2.21 bits per heavy atom. The fourth-order valence-electron chi connectivity index (χ4n) is 2.64. The van der Waals surface area contributed by atoms with E-state index in [1.807, 2.05) is 37.3 Å². The lowest BCUT2D eigenvalue weighted by molar-refractivity contribution is -0.0133. The number of benzene rings is 2. The van der Waals surface area contributed by atoms with Crippen molar-refractivity contribution >= 4 is 10.0 Å². The molecule has 0 saturated heterocycles. The second kappa shape index (κ2) is 7.79. The average Bonchev–Trinajstić information content (AvgIpc) is 2.64. The molecule has 0 aliphatic carbocycles. The van der Waals surface area contributed by atoms with E-state index in [0.29, 0.717) is 12.2 Å². The van der Waals surface area contributed by atoms with E-state index in [9.17, 15) is 8.42 Å². The molecule has 6 heteroatoms. The maximum Gasteiger partial charge on any atom is 0.244 e. The van der Waals surface area contributed by atoms with Gasteiger partial charge in [0, 0.05) is 13.7 Å². The Bertz CT molecular complexity index is 756. The first-order valence-corrected chi connectivity index (χ1v) is 9.21. The van der Waals surface area contributed by atoms with Crippen LogP contribution < -0.4 is 9.46 Å². The molecule has 0 amide bonds. The van der Waals surface area contributed by atoms with Crippen LogP contribution in [-0.2, 0) is 20.4 Å². The maximum atomic E-state index is 12.7. The van der Waals surface area contributed by atoms with Crippen LogP contribution in [0, 0.1) is 0 Å². The molecule has 0 heterocycles. The zero-order chi connectivity index (χ0) is 17.6. The SMILES string of the molecule is CCC(CNS(=O)(=O)c1ccccc1OC)(OC)c1ccccc1. The van der Waals surface area contributed by atoms with Crippen LogP contribution in [0.4, 0.5) is 0 Å². The van der Waals surface area contributed by atoms with Gasteiger partial charge in [-0.3, -0.25) is 0 Å². The molecule has 2 aromatic rings. The molecule has 0 saturated carbocycles. The van der Waals surface area contributed by atoms with Crippen molar-refractivity contribution in [2.45, 2.75) is 23.8 Å². The summed E-state index contributed by atoms with van der Waals surface area (Å²) < 4.78 is 38.9. The number of para-hydroxylation sites is 1. The Morgan fingerprint density at radius 1 is 1.00 bits per heavy atom. The second-order valence-electron chi connectivity index (χ2n) is 5.39. The van der Waals surface area contributed by atoms with Crippen molar-refractivity contribution in [2.24, 2.45) is 0 Å². The first-order chi connectivity index (χ1) is 11.5. The zero-order valence-corrected chi connectivity index (χ0v) is 15.0. The summed E-state index contributed by atoms with van der Waals surface area (Å²) in [7, 11) is -0.680. The van der Waals surface area contributed by atoms with Gasteiger partial charge in [-0.2, -0.15) is 0 Å². The van der Waals surface area contributed by atoms with Crippen molar-refractivity contribution in [2.75, 3.05) is 20.8 Å². The molecule has 1 atom stereocenters. The molecule has 0 bridgehead atoms. The molecule has 2 rings (SSSR count). The second-order valence-corrected chi connectivity index (χ2v) is 7.13. The van der Waals surface area contributed by atoms with Crippen molar-refractivity contribution in [3.8, 4) is 5.75 Å². The molecule has 130 valence electrons. The number of hydrogen-bond donors (Lipinski definition) is 1. The summed E-state index contributed by atoms with van der Waals surface area (Å²) in [5, 5.41) is 0. The van der Waals surface area contributed by atoms with E-state index in [0.717, 1.165) is 5.56 Å². The van der Waals surface area contributed by atoms with Gasteiger partial charge >= 0.3 is 0 Å². The quantitative estimate of drug-likeness (QED) is 0.796. The lowest BCUT2D eigenvalue weighted by Crippen LogP contribution is -2.41. The van der Waals surface area contributed by atoms with Crippen LogP contribution in [0.3, 0.4) is 0 Å². The molecule has 0 fully saturated rings. The van der Waals surface area contributed by atoms with Crippen LogP contribution >= 0.6 is 0 Å². The molecule has 24 heavy (non-hydrogen) atoms. The zero-order valence-electron chi connectivity index (χ0n) is 14.2. The third-order valence-corrected chi connectivity index (χ3v) is 5.61. The Balaban J connectivity index is 2.29. The van der Waals surface area contributed by atoms with Crippen molar-refractivity contribution in [3.05, 3.63) is 60.2 Å². The average molecular weight is 349 g/mol. The van der Waals surface area contributed by atoms with E-state index in [1.54, 1.807) is 25.3 Å². The van der Waals surface area contributed by atoms with Crippen LogP contribution in [0.15, 0.2) is 59.5 Å². The highest BCUT2D eigenvalue weighted by Gasteiger charge is 2.32. The molecule has 0 aliphatic heterocycles. The summed E-state index contributed by atoms with van der Waals surface area (Å²) in [6.07, 6.45) is 0.627. The summed E-state index contributed by atoms with van der Waals surface area (Å²) in [5.74, 6) is 0.309. The van der Waals surface area contributed by atoms with E-state index < -0.39 is 15.6 Å². The topological polar surface area (TPSA) is 64.6 Å². The van der Waals surface area contributed by atoms with E-state index in [4.69, 9.17) is 9.47 Å². The third kappa shape index (κ3) is 3.77. The number of ether oxygens (including phenoxy) is 2. The Hall–Kier alpha value is -1.89. The van der Waals surface area contributed by atoms with Gasteiger partial charge in [-0.1, -0.05) is 49.4 Å². The standard InChI is InChI=1S/C18H23NO4S/c1-4-18(23-3,15-10-6-5-7-11-15)14-19-24(20,21)17-13-9-8-12-16(17)22-2/h5-13,19H,4,14H2,1-3H3. The van der Waals surface area contributed by atoms with Gasteiger partial charge in [0.2, 0.25) is 10.0 Å². The molecule has 0 spiro atoms. The molecule has 0 aromatic heterocycles. The predicted octanol–water partition coefficient (Wildman–Crippen LogP) is 2.93. The number of hydrogen-bond acceptors (Lipinski definition) is 4. The maximum absolute atomic E-state index is 12.7. The number of rotatable bonds is 8. The summed E-state index contributed by atoms with van der Waals surface area (Å²) in [4.78, 5) is 0.113. The van der Waals surface area contributed by atoms with Gasteiger partial charge in [-0.25, -0.2) is 13.1 Å². The Kier molecular flexibility index (Phi) is 5.99. The minimum absolute atomic E-state index is 0.113. The van der Waals surface area contributed by atoms with Gasteiger partial charge in [0.1, 0.15) is 16.2 Å². The fourth-order valence-corrected chi connectivity index (χ4v) is 3.89. The fraction of sp³-hybridized carbons (Fsp3) is 0.333. The Morgan fingerprint density at radius 2 is 1.62 bits per heavy atom. The first kappa shape index (κ1) is 18.4. The first-order valence-electron chi connectivity index (χ1n) is 7.72. The summed E-state index contributed by atoms with van der Waals surface area (Å²) in [5.41, 5.74) is 0.203. The number of sulfonamides is 1. The van der Waals surface area contributed by atoms with Crippen molar-refractivity contribution in [1.29, 1.82) is 0 Å². The number of nitrogens with one attached hydrogen (secondary N) is 1. The highest BCUT2D eigenvalue weighted by Crippen LogP contribution is 2.29. The minimum atomic E-state index is -3.72. The van der Waals surface area contributed by atoms with Gasteiger partial charge in [0.15, 0.2) is 0 Å². The highest BCUT2D eigenvalue weighted by atomic mass is 32.2. The van der Waals surface area contributed by atoms with Gasteiger partial charge in [-0.05, 0) is 24.1 Å². The molecule has 2 aromatic carbocycles. The van der Waals surface area contributed by atoms with Crippen LogP contribution in [0.5, 0.6) is 5.75 Å². The minimum Gasteiger partial charge on any atom is -0.495 e. The smallest absolute Gasteiger partial charge is 0.244 e. The monoisotopic (exact) mass is 349 g/mol. The van der Waals surface area contributed by atoms with E-state index in [2.05, 4.69) is 4.72 Å². The van der Waals surface area contributed by atoms with Crippen LogP contribution in [0.1, 0.15) is 18.9 Å². The van der Waals surface area contributed by atoms with Crippen molar-refractivity contribution < 1.29 is 17.9 Å². The molecule has 5 nitrogen and oxygen atoms in total. The van der Waals surface area contributed by atoms with Crippen LogP contribution in [0.25, 0.3) is 0 Å². The van der Waals surface area contributed by atoms with Gasteiger partial charge < -0.3 is 9.47 Å². The largest absolute Gasteiger partial charge is 0.495 e. The molecule has 1 N–H and O–H groups in total. The van der Waals surface area contributed by atoms with Crippen molar-refractivity contribution in [3.63, 3.8) is 0 Å². The summed E-state index contributed by atoms with van der Waals surface area (Å²) in [6, 6.07) is 16.1. The molecule has 1 unspecified atom stereocenters. The van der Waals surface area contributed by atoms with Crippen molar-refractivity contribution in [1.82, 2.24) is 4.72 Å². The predicted molar refractivity (Wildman–Crippen MR) is 93.6 cm³/mol. The molecular formula is C18H23NO4S. The third-order valence-electron chi connectivity index (χ3n) is 4.17. The van der Waals surface area contributed by atoms with E-state index in [1.165, 1.54) is 13.2 Å². The summed E-state index contributed by atoms with van der Waals surface area (Å²) >= 11 is 0. The van der Waals surface area contributed by atoms with E-state index >= 15 is 0 Å². The van der Waals surface area contributed by atoms with Gasteiger partial charge in [0.05, 0.1) is 7.11 Å². The molecule has 0 aliphatic rings. The van der Waals surface area contributed by atoms with Gasteiger partial charge in [-0.15, -0.1) is 0 Å². The molecular weight excluding hydrogens is 326 g/mol. The summed E-state index contributed by atoms with van der Waals surface area (Å²) in [6.45, 7) is 2.10. The highest BCUT2D eigenvalue weighted by molar-refractivity contribution is 7.89. The van der Waals surface area contributed by atoms with Crippen LogP contribution in [0.2, 0.25) is 0 Å². The normalized spacial score (nSPS) is 14.1.